The number of sulfonamides is 1. The second-order valence-electron chi connectivity index (χ2n) is 3.92. The van der Waals surface area contributed by atoms with Crippen molar-refractivity contribution in [2.45, 2.75) is 11.4 Å². The number of nitrogens with zero attached hydrogens (tertiary/aromatic N) is 1. The molecule has 1 aromatic heterocycles. The Morgan fingerprint density at radius 2 is 2.10 bits per heavy atom. The Kier molecular flexibility index (Phi) is 4.64. The van der Waals surface area contributed by atoms with Crippen molar-refractivity contribution in [3.8, 4) is 0 Å². The van der Waals surface area contributed by atoms with E-state index in [1.807, 2.05) is 0 Å². The molecule has 0 aliphatic heterocycles. The average molecular weight is 377 g/mol. The summed E-state index contributed by atoms with van der Waals surface area (Å²) in [6, 6.07) is 5.96. The summed E-state index contributed by atoms with van der Waals surface area (Å²) in [5.74, 6) is 0. The lowest BCUT2D eigenvalue weighted by atomic mass is 10.2. The zero-order chi connectivity index (χ0) is 14.8. The summed E-state index contributed by atoms with van der Waals surface area (Å²) in [5, 5.41) is 0.441. The van der Waals surface area contributed by atoms with Crippen LogP contribution in [0.1, 0.15) is 5.56 Å². The molecule has 0 amide bonds. The van der Waals surface area contributed by atoms with Crippen LogP contribution in [0.2, 0.25) is 5.02 Å². The maximum atomic E-state index is 12.3. The van der Waals surface area contributed by atoms with Gasteiger partial charge >= 0.3 is 0 Å². The average Bonchev–Trinajstić information content (AvgIpc) is 2.41. The summed E-state index contributed by atoms with van der Waals surface area (Å²) in [7, 11) is -3.71. The minimum atomic E-state index is -3.71. The van der Waals surface area contributed by atoms with Crippen LogP contribution in [-0.4, -0.2) is 13.4 Å². The highest BCUT2D eigenvalue weighted by atomic mass is 79.9. The molecule has 0 spiro atoms. The van der Waals surface area contributed by atoms with E-state index >= 15 is 0 Å². The van der Waals surface area contributed by atoms with Crippen LogP contribution < -0.4 is 10.5 Å². The molecule has 0 unspecified atom stereocenters. The Bertz CT molecular complexity index is 737. The third kappa shape index (κ3) is 3.29. The van der Waals surface area contributed by atoms with Gasteiger partial charge in [-0.25, -0.2) is 8.42 Å². The zero-order valence-corrected chi connectivity index (χ0v) is 13.3. The van der Waals surface area contributed by atoms with Gasteiger partial charge in [0, 0.05) is 24.0 Å². The summed E-state index contributed by atoms with van der Waals surface area (Å²) in [6.45, 7) is 0.168. The Hall–Kier alpha value is -1.15. The molecule has 1 heterocycles. The Balaban J connectivity index is 2.38. The number of halogens is 2. The molecule has 5 nitrogen and oxygen atoms in total. The summed E-state index contributed by atoms with van der Waals surface area (Å²) in [6.07, 6.45) is 3.00. The van der Waals surface area contributed by atoms with E-state index in [-0.39, 0.29) is 11.4 Å². The Morgan fingerprint density at radius 3 is 2.75 bits per heavy atom. The molecule has 106 valence electrons. The predicted octanol–water partition coefficient (Wildman–Crippen LogP) is 2.76. The number of nitrogens with one attached hydrogen (secondary N) is 1. The molecule has 20 heavy (non-hydrogen) atoms. The summed E-state index contributed by atoms with van der Waals surface area (Å²) in [4.78, 5) is 3.97. The van der Waals surface area contributed by atoms with E-state index in [4.69, 9.17) is 17.3 Å². The topological polar surface area (TPSA) is 85.1 Å². The molecule has 0 bridgehead atoms. The molecule has 2 aromatic rings. The lowest BCUT2D eigenvalue weighted by Crippen LogP contribution is -2.14. The normalized spacial score (nSPS) is 11.3. The van der Waals surface area contributed by atoms with Gasteiger partial charge in [0.25, 0.3) is 10.0 Å². The van der Waals surface area contributed by atoms with E-state index in [1.165, 1.54) is 30.6 Å². The third-order valence-corrected chi connectivity index (χ3v) is 4.93. The van der Waals surface area contributed by atoms with Gasteiger partial charge < -0.3 is 5.73 Å². The highest BCUT2D eigenvalue weighted by molar-refractivity contribution is 9.10. The van der Waals surface area contributed by atoms with Gasteiger partial charge in [-0.2, -0.15) is 0 Å². The molecule has 1 aromatic carbocycles. The lowest BCUT2D eigenvalue weighted by Gasteiger charge is -2.10. The van der Waals surface area contributed by atoms with Gasteiger partial charge in [0.15, 0.2) is 0 Å². The molecule has 0 radical (unpaired) electrons. The summed E-state index contributed by atoms with van der Waals surface area (Å²) < 4.78 is 27.6. The maximum absolute atomic E-state index is 12.3. The van der Waals surface area contributed by atoms with Crippen LogP contribution in [0.15, 0.2) is 46.0 Å². The van der Waals surface area contributed by atoms with Crippen LogP contribution in [-0.2, 0) is 16.6 Å². The molecule has 8 heteroatoms. The summed E-state index contributed by atoms with van der Waals surface area (Å²) in [5.41, 5.74) is 6.50. The molecule has 0 aliphatic carbocycles. The molecule has 0 aliphatic rings. The smallest absolute Gasteiger partial charge is 0.261 e. The molecule has 0 fully saturated rings. The molecular formula is C12H11BrClN3O2S. The van der Waals surface area contributed by atoms with Crippen LogP contribution in [0.5, 0.6) is 0 Å². The number of hydrogen-bond donors (Lipinski definition) is 2. The monoisotopic (exact) mass is 375 g/mol. The van der Waals surface area contributed by atoms with Gasteiger partial charge in [0.2, 0.25) is 0 Å². The first-order valence-corrected chi connectivity index (χ1v) is 8.20. The number of benzene rings is 1. The van der Waals surface area contributed by atoms with Crippen LogP contribution in [0.4, 0.5) is 5.69 Å². The number of anilines is 1. The van der Waals surface area contributed by atoms with E-state index in [1.54, 1.807) is 6.07 Å². The van der Waals surface area contributed by atoms with Crippen LogP contribution in [0, 0.1) is 0 Å². The second kappa shape index (κ2) is 6.09. The van der Waals surface area contributed by atoms with Crippen molar-refractivity contribution in [3.63, 3.8) is 0 Å². The van der Waals surface area contributed by atoms with E-state index in [0.29, 0.717) is 20.7 Å². The van der Waals surface area contributed by atoms with Crippen molar-refractivity contribution in [1.29, 1.82) is 0 Å². The number of nitrogens with two attached hydrogens (primary N) is 1. The van der Waals surface area contributed by atoms with Gasteiger partial charge in [0.1, 0.15) is 0 Å². The van der Waals surface area contributed by atoms with Crippen molar-refractivity contribution in [3.05, 3.63) is 51.7 Å². The van der Waals surface area contributed by atoms with Crippen molar-refractivity contribution in [2.75, 3.05) is 4.72 Å². The first-order chi connectivity index (χ1) is 9.44. The fraction of sp³-hybridized carbons (Fsp3) is 0.0833. The first-order valence-electron chi connectivity index (χ1n) is 5.55. The molecule has 0 saturated carbocycles. The molecule has 3 N–H and O–H groups in total. The largest absolute Gasteiger partial charge is 0.326 e. The fourth-order valence-electron chi connectivity index (χ4n) is 1.54. The van der Waals surface area contributed by atoms with Crippen LogP contribution in [0.25, 0.3) is 0 Å². The third-order valence-electron chi connectivity index (χ3n) is 2.56. The predicted molar refractivity (Wildman–Crippen MR) is 82.1 cm³/mol. The van der Waals surface area contributed by atoms with Crippen molar-refractivity contribution in [1.82, 2.24) is 4.98 Å². The summed E-state index contributed by atoms with van der Waals surface area (Å²) >= 11 is 9.15. The molecular weight excluding hydrogens is 366 g/mol. The molecule has 0 saturated heterocycles. The van der Waals surface area contributed by atoms with E-state index < -0.39 is 10.0 Å². The van der Waals surface area contributed by atoms with Crippen molar-refractivity contribution < 1.29 is 8.42 Å². The van der Waals surface area contributed by atoms with Crippen LogP contribution >= 0.6 is 27.5 Å². The highest BCUT2D eigenvalue weighted by Gasteiger charge is 2.16. The van der Waals surface area contributed by atoms with E-state index in [0.717, 1.165) is 0 Å². The molecule has 2 rings (SSSR count). The van der Waals surface area contributed by atoms with E-state index in [9.17, 15) is 8.42 Å². The van der Waals surface area contributed by atoms with Gasteiger partial charge in [-0.15, -0.1) is 0 Å². The van der Waals surface area contributed by atoms with Crippen LogP contribution in [0.3, 0.4) is 0 Å². The fourth-order valence-corrected chi connectivity index (χ4v) is 3.34. The lowest BCUT2D eigenvalue weighted by molar-refractivity contribution is 0.601. The SMILES string of the molecule is NCc1cc(S(=O)(=O)Nc2ccncc2Br)ccc1Cl. The number of hydrogen-bond acceptors (Lipinski definition) is 4. The van der Waals surface area contributed by atoms with E-state index in [2.05, 4.69) is 25.6 Å². The van der Waals surface area contributed by atoms with Crippen molar-refractivity contribution >= 4 is 43.2 Å². The van der Waals surface area contributed by atoms with Gasteiger partial charge in [-0.05, 0) is 45.8 Å². The minimum absolute atomic E-state index is 0.103. The van der Waals surface area contributed by atoms with Gasteiger partial charge in [0.05, 0.1) is 15.1 Å². The number of aromatic nitrogens is 1. The first kappa shape index (κ1) is 15.2. The number of rotatable bonds is 4. The number of pyridine rings is 1. The maximum Gasteiger partial charge on any atom is 0.261 e. The Morgan fingerprint density at radius 1 is 1.35 bits per heavy atom. The Labute approximate surface area is 130 Å². The minimum Gasteiger partial charge on any atom is -0.326 e. The second-order valence-corrected chi connectivity index (χ2v) is 6.86. The standard InChI is InChI=1S/C12H11BrClN3O2S/c13-10-7-16-4-3-12(10)17-20(18,19)9-1-2-11(14)8(5-9)6-15/h1-5,7H,6,15H2,(H,16,17). The molecule has 0 atom stereocenters. The van der Waals surface area contributed by atoms with Gasteiger partial charge in [-0.1, -0.05) is 11.6 Å². The highest BCUT2D eigenvalue weighted by Crippen LogP contribution is 2.25. The zero-order valence-electron chi connectivity index (χ0n) is 10.2. The van der Waals surface area contributed by atoms with Gasteiger partial charge in [-0.3, -0.25) is 9.71 Å². The quantitative estimate of drug-likeness (QED) is 0.859. The van der Waals surface area contributed by atoms with Crippen molar-refractivity contribution in [2.24, 2.45) is 5.73 Å².